The van der Waals surface area contributed by atoms with Crippen LogP contribution < -0.4 is 10.0 Å². The van der Waals surface area contributed by atoms with Crippen molar-refractivity contribution in [3.05, 3.63) is 28.2 Å². The highest BCUT2D eigenvalue weighted by molar-refractivity contribution is 9.10. The Kier molecular flexibility index (Phi) is 5.95. The molecule has 0 aliphatic heterocycles. The zero-order valence-electron chi connectivity index (χ0n) is 12.7. The van der Waals surface area contributed by atoms with Gasteiger partial charge in [-0.05, 0) is 61.3 Å². The van der Waals surface area contributed by atoms with Crippen LogP contribution in [0.4, 0.5) is 0 Å². The molecule has 0 aromatic heterocycles. The predicted octanol–water partition coefficient (Wildman–Crippen LogP) is 2.67. The van der Waals surface area contributed by atoms with Crippen LogP contribution in [0.15, 0.2) is 27.6 Å². The van der Waals surface area contributed by atoms with Crippen LogP contribution in [0.25, 0.3) is 0 Å². The van der Waals surface area contributed by atoms with Crippen LogP contribution in [0.1, 0.15) is 44.5 Å². The molecule has 0 heterocycles. The molecule has 1 aromatic carbocycles. The van der Waals surface area contributed by atoms with Crippen molar-refractivity contribution in [1.29, 1.82) is 0 Å². The van der Waals surface area contributed by atoms with E-state index in [9.17, 15) is 13.2 Å². The molecule has 2 N–H and O–H groups in total. The highest BCUT2D eigenvalue weighted by Gasteiger charge is 2.23. The number of benzene rings is 1. The summed E-state index contributed by atoms with van der Waals surface area (Å²) in [6, 6.07) is 4.41. The molecule has 0 saturated heterocycles. The van der Waals surface area contributed by atoms with E-state index in [1.54, 1.807) is 26.8 Å². The molecule has 7 heteroatoms. The fraction of sp³-hybridized carbons (Fsp3) is 0.500. The first kappa shape index (κ1) is 18.1. The maximum absolute atomic E-state index is 12.3. The fourth-order valence-electron chi connectivity index (χ4n) is 1.64. The summed E-state index contributed by atoms with van der Waals surface area (Å²) in [6.07, 6.45) is 0.812. The van der Waals surface area contributed by atoms with E-state index in [1.165, 1.54) is 12.1 Å². The molecule has 5 nitrogen and oxygen atoms in total. The summed E-state index contributed by atoms with van der Waals surface area (Å²) in [5, 5.41) is 2.73. The van der Waals surface area contributed by atoms with Gasteiger partial charge in [0.1, 0.15) is 0 Å². The van der Waals surface area contributed by atoms with Crippen LogP contribution in [-0.2, 0) is 10.0 Å². The summed E-state index contributed by atoms with van der Waals surface area (Å²) >= 11 is 3.28. The standard InChI is InChI=1S/C14H21BrN2O3S/c1-5-8-16-13(18)11-9-10(6-7-12(11)15)21(19,20)17-14(2,3)4/h6-7,9,17H,5,8H2,1-4H3,(H,16,18). The van der Waals surface area contributed by atoms with E-state index in [0.29, 0.717) is 16.6 Å². The summed E-state index contributed by atoms with van der Waals surface area (Å²) in [5.74, 6) is -0.295. The smallest absolute Gasteiger partial charge is 0.252 e. The van der Waals surface area contributed by atoms with E-state index in [4.69, 9.17) is 0 Å². The summed E-state index contributed by atoms with van der Waals surface area (Å²) in [7, 11) is -3.66. The lowest BCUT2D eigenvalue weighted by molar-refractivity contribution is 0.0952. The summed E-state index contributed by atoms with van der Waals surface area (Å²) in [4.78, 5) is 12.1. The molecule has 0 bridgehead atoms. The van der Waals surface area contributed by atoms with E-state index >= 15 is 0 Å². The fourth-order valence-corrected chi connectivity index (χ4v) is 3.51. The minimum absolute atomic E-state index is 0.0715. The monoisotopic (exact) mass is 376 g/mol. The summed E-state index contributed by atoms with van der Waals surface area (Å²) in [5.41, 5.74) is -0.281. The lowest BCUT2D eigenvalue weighted by atomic mass is 10.1. The number of hydrogen-bond donors (Lipinski definition) is 2. The average molecular weight is 377 g/mol. The number of amides is 1. The van der Waals surface area contributed by atoms with Crippen LogP contribution in [0.2, 0.25) is 0 Å². The maximum atomic E-state index is 12.3. The van der Waals surface area contributed by atoms with E-state index in [1.807, 2.05) is 6.92 Å². The molecule has 0 aliphatic rings. The van der Waals surface area contributed by atoms with Gasteiger partial charge in [-0.15, -0.1) is 0 Å². The third kappa shape index (κ3) is 5.41. The molecular formula is C14H21BrN2O3S. The molecule has 1 rings (SSSR count). The van der Waals surface area contributed by atoms with Crippen molar-refractivity contribution in [2.45, 2.75) is 44.6 Å². The quantitative estimate of drug-likeness (QED) is 0.829. The van der Waals surface area contributed by atoms with Gasteiger partial charge in [-0.2, -0.15) is 0 Å². The third-order valence-corrected chi connectivity index (χ3v) is 4.92. The van der Waals surface area contributed by atoms with E-state index in [-0.39, 0.29) is 10.8 Å². The van der Waals surface area contributed by atoms with Gasteiger partial charge in [0, 0.05) is 16.6 Å². The number of rotatable bonds is 5. The Balaban J connectivity index is 3.15. The topological polar surface area (TPSA) is 75.3 Å². The van der Waals surface area contributed by atoms with Crippen molar-refractivity contribution in [2.24, 2.45) is 0 Å². The van der Waals surface area contributed by atoms with Crippen molar-refractivity contribution < 1.29 is 13.2 Å². The van der Waals surface area contributed by atoms with Crippen LogP contribution in [-0.4, -0.2) is 26.4 Å². The predicted molar refractivity (Wildman–Crippen MR) is 86.8 cm³/mol. The minimum atomic E-state index is -3.66. The van der Waals surface area contributed by atoms with Crippen LogP contribution in [0.3, 0.4) is 0 Å². The molecule has 1 amide bonds. The van der Waals surface area contributed by atoms with Crippen molar-refractivity contribution in [1.82, 2.24) is 10.0 Å². The second-order valence-corrected chi connectivity index (χ2v) is 8.29. The Bertz CT molecular complexity index is 622. The lowest BCUT2D eigenvalue weighted by Crippen LogP contribution is -2.40. The van der Waals surface area contributed by atoms with Crippen LogP contribution in [0.5, 0.6) is 0 Å². The average Bonchev–Trinajstić information content (AvgIpc) is 2.33. The van der Waals surface area contributed by atoms with Crippen molar-refractivity contribution in [2.75, 3.05) is 6.54 Å². The van der Waals surface area contributed by atoms with Gasteiger partial charge in [-0.1, -0.05) is 6.92 Å². The Labute approximate surface area is 134 Å². The first-order valence-corrected chi connectivity index (χ1v) is 8.96. The van der Waals surface area contributed by atoms with Crippen LogP contribution in [0, 0.1) is 0 Å². The highest BCUT2D eigenvalue weighted by atomic mass is 79.9. The number of carbonyl (C=O) groups is 1. The minimum Gasteiger partial charge on any atom is -0.352 e. The zero-order valence-corrected chi connectivity index (χ0v) is 15.1. The van der Waals surface area contributed by atoms with Gasteiger partial charge < -0.3 is 5.32 Å². The van der Waals surface area contributed by atoms with Gasteiger partial charge in [0.25, 0.3) is 5.91 Å². The Morgan fingerprint density at radius 3 is 2.43 bits per heavy atom. The lowest BCUT2D eigenvalue weighted by Gasteiger charge is -2.20. The molecule has 0 aliphatic carbocycles. The Morgan fingerprint density at radius 2 is 1.90 bits per heavy atom. The SMILES string of the molecule is CCCNC(=O)c1cc(S(=O)(=O)NC(C)(C)C)ccc1Br. The largest absolute Gasteiger partial charge is 0.352 e. The Hall–Kier alpha value is -0.920. The second kappa shape index (κ2) is 6.89. The molecule has 0 unspecified atom stereocenters. The number of halogens is 1. The molecular weight excluding hydrogens is 356 g/mol. The summed E-state index contributed by atoms with van der Waals surface area (Å²) < 4.78 is 27.7. The van der Waals surface area contributed by atoms with Gasteiger partial charge >= 0.3 is 0 Å². The molecule has 0 spiro atoms. The molecule has 0 atom stereocenters. The molecule has 21 heavy (non-hydrogen) atoms. The Morgan fingerprint density at radius 1 is 1.29 bits per heavy atom. The third-order valence-electron chi connectivity index (χ3n) is 2.47. The van der Waals surface area contributed by atoms with Gasteiger partial charge in [-0.25, -0.2) is 13.1 Å². The van der Waals surface area contributed by atoms with Gasteiger partial charge in [0.15, 0.2) is 0 Å². The highest BCUT2D eigenvalue weighted by Crippen LogP contribution is 2.22. The zero-order chi connectivity index (χ0) is 16.3. The first-order valence-electron chi connectivity index (χ1n) is 6.68. The van der Waals surface area contributed by atoms with Gasteiger partial charge in [0.05, 0.1) is 10.5 Å². The van der Waals surface area contributed by atoms with Crippen molar-refractivity contribution in [3.63, 3.8) is 0 Å². The first-order chi connectivity index (χ1) is 9.57. The van der Waals surface area contributed by atoms with Crippen molar-refractivity contribution in [3.8, 4) is 0 Å². The number of sulfonamides is 1. The number of hydrogen-bond acceptors (Lipinski definition) is 3. The van der Waals surface area contributed by atoms with E-state index in [2.05, 4.69) is 26.0 Å². The molecule has 118 valence electrons. The van der Waals surface area contributed by atoms with Gasteiger partial charge in [-0.3, -0.25) is 4.79 Å². The molecule has 0 saturated carbocycles. The molecule has 1 aromatic rings. The second-order valence-electron chi connectivity index (χ2n) is 5.75. The molecule has 0 radical (unpaired) electrons. The van der Waals surface area contributed by atoms with E-state index in [0.717, 1.165) is 6.42 Å². The normalized spacial score (nSPS) is 12.2. The van der Waals surface area contributed by atoms with Gasteiger partial charge in [0.2, 0.25) is 10.0 Å². The van der Waals surface area contributed by atoms with E-state index < -0.39 is 15.6 Å². The van der Waals surface area contributed by atoms with Crippen molar-refractivity contribution >= 4 is 31.9 Å². The number of nitrogens with one attached hydrogen (secondary N) is 2. The maximum Gasteiger partial charge on any atom is 0.252 e. The molecule has 0 fully saturated rings. The number of carbonyl (C=O) groups excluding carboxylic acids is 1. The van der Waals surface area contributed by atoms with Crippen LogP contribution >= 0.6 is 15.9 Å². The summed E-state index contributed by atoms with van der Waals surface area (Å²) in [6.45, 7) is 7.78.